The second-order valence-electron chi connectivity index (χ2n) is 0.900. The van der Waals surface area contributed by atoms with Crippen molar-refractivity contribution in [2.24, 2.45) is 0 Å². The molecule has 0 spiro atoms. The Morgan fingerprint density at radius 3 is 1.50 bits per heavy atom. The van der Waals surface area contributed by atoms with Crippen LogP contribution >= 0.6 is 11.6 Å². The second-order valence-corrected chi connectivity index (χ2v) is 3.02. The average molecular weight is 166 g/mol. The summed E-state index contributed by atoms with van der Waals surface area (Å²) in [4.78, 5) is 0. The first-order valence-corrected chi connectivity index (χ1v) is 3.06. The van der Waals surface area contributed by atoms with Crippen molar-refractivity contribution in [3.63, 3.8) is 0 Å². The molecule has 0 saturated heterocycles. The molecule has 0 atom stereocenters. The molecule has 0 N–H and O–H groups in total. The summed E-state index contributed by atoms with van der Waals surface area (Å²) >= 11 is 3.78. The Bertz CT molecular complexity index is 166. The monoisotopic (exact) mass is 165 g/mol. The van der Waals surface area contributed by atoms with E-state index in [0.29, 0.717) is 0 Å². The van der Waals surface area contributed by atoms with Gasteiger partial charge in [0.05, 0.1) is 0 Å². The molecule has 8 heavy (non-hydrogen) atoms. The lowest BCUT2D eigenvalue weighted by atomic mass is 11.6. The first-order valence-electron chi connectivity index (χ1n) is 1.27. The molecular weight excluding hydrogens is 166 g/mol. The van der Waals surface area contributed by atoms with Crippen molar-refractivity contribution in [2.75, 3.05) is 0 Å². The Morgan fingerprint density at radius 1 is 1.38 bits per heavy atom. The van der Waals surface area contributed by atoms with E-state index in [-0.39, 0.29) is 0 Å². The minimum absolute atomic E-state index is 3.78. The highest BCUT2D eigenvalue weighted by atomic mass is 35.5. The lowest BCUT2D eigenvalue weighted by Crippen LogP contribution is -2.18. The van der Waals surface area contributed by atoms with E-state index < -0.39 is 14.8 Å². The van der Waals surface area contributed by atoms with Gasteiger partial charge in [-0.15, -0.1) is 0 Å². The van der Waals surface area contributed by atoms with E-state index in [0.717, 1.165) is 0 Å². The minimum Gasteiger partial charge on any atom is -0.189 e. The van der Waals surface area contributed by atoms with Gasteiger partial charge < -0.3 is 0 Å². The fraction of sp³-hybridized carbons (Fsp3) is 1.00. The van der Waals surface area contributed by atoms with Crippen LogP contribution in [0.25, 0.3) is 0 Å². The highest BCUT2D eigenvalue weighted by molar-refractivity contribution is 7.88. The first kappa shape index (κ1) is 8.06. The molecule has 0 aromatic carbocycles. The maximum Gasteiger partial charge on any atom is 0.450 e. The molecule has 7 heteroatoms. The summed E-state index contributed by atoms with van der Waals surface area (Å²) in [6.07, 6.45) is 0. The van der Waals surface area contributed by atoms with Crippen molar-refractivity contribution < 1.29 is 21.8 Å². The molecule has 0 rings (SSSR count). The number of alkyl halides is 3. The van der Waals surface area contributed by atoms with Gasteiger partial charge in [-0.05, 0) is 11.6 Å². The van der Waals surface area contributed by atoms with Crippen LogP contribution in [0.4, 0.5) is 8.78 Å². The van der Waals surface area contributed by atoms with Gasteiger partial charge in [-0.1, -0.05) is 4.55 Å². The van der Waals surface area contributed by atoms with Crippen molar-refractivity contribution >= 4 is 21.7 Å². The summed E-state index contributed by atoms with van der Waals surface area (Å²) < 4.78 is 45.2. The molecule has 0 aliphatic heterocycles. The quantitative estimate of drug-likeness (QED) is 0.533. The van der Waals surface area contributed by atoms with Crippen LogP contribution in [0, 0.1) is 0 Å². The number of hydrogen-bond donors (Lipinski definition) is 0. The van der Waals surface area contributed by atoms with Crippen LogP contribution in [0.3, 0.4) is 0 Å². The summed E-state index contributed by atoms with van der Waals surface area (Å²) in [7, 11) is -5.66. The van der Waals surface area contributed by atoms with Crippen molar-refractivity contribution in [3.8, 4) is 0 Å². The third kappa shape index (κ3) is 1.89. The van der Waals surface area contributed by atoms with Crippen LogP contribution in [-0.2, 0) is 14.7 Å². The van der Waals surface area contributed by atoms with Gasteiger partial charge in [0.1, 0.15) is 0 Å². The minimum atomic E-state index is -5.66. The van der Waals surface area contributed by atoms with Crippen LogP contribution in [0.5, 0.6) is 0 Å². The summed E-state index contributed by atoms with van der Waals surface area (Å²) in [5.74, 6) is 0. The SMILES string of the molecule is [O]S(=O)(=O)C(F)(F)Cl. The molecule has 0 amide bonds. The van der Waals surface area contributed by atoms with Crippen molar-refractivity contribution in [2.45, 2.75) is 4.71 Å². The molecule has 0 aliphatic rings. The van der Waals surface area contributed by atoms with Crippen LogP contribution < -0.4 is 0 Å². The van der Waals surface area contributed by atoms with Crippen LogP contribution in [0.15, 0.2) is 0 Å². The van der Waals surface area contributed by atoms with Crippen LogP contribution in [0.1, 0.15) is 0 Å². The third-order valence-electron chi connectivity index (χ3n) is 0.283. The van der Waals surface area contributed by atoms with Gasteiger partial charge in [-0.2, -0.15) is 17.2 Å². The van der Waals surface area contributed by atoms with E-state index in [1.54, 1.807) is 0 Å². The smallest absolute Gasteiger partial charge is 0.189 e. The molecule has 0 aromatic heterocycles. The van der Waals surface area contributed by atoms with E-state index in [9.17, 15) is 21.8 Å². The highest BCUT2D eigenvalue weighted by Crippen LogP contribution is 2.24. The molecule has 0 heterocycles. The third-order valence-corrected chi connectivity index (χ3v) is 1.42. The van der Waals surface area contributed by atoms with Crippen LogP contribution in [-0.4, -0.2) is 13.1 Å². The Balaban J connectivity index is 4.53. The zero-order chi connectivity index (χ0) is 7.00. The molecule has 49 valence electrons. The predicted molar refractivity (Wildman–Crippen MR) is 20.4 cm³/mol. The van der Waals surface area contributed by atoms with Crippen molar-refractivity contribution in [1.82, 2.24) is 0 Å². The van der Waals surface area contributed by atoms with Gasteiger partial charge in [-0.25, -0.2) is 0 Å². The highest BCUT2D eigenvalue weighted by Gasteiger charge is 2.42. The van der Waals surface area contributed by atoms with Gasteiger partial charge in [0.25, 0.3) is 0 Å². The topological polar surface area (TPSA) is 54.0 Å². The Labute approximate surface area is 49.0 Å². The lowest BCUT2D eigenvalue weighted by Gasteiger charge is -1.97. The van der Waals surface area contributed by atoms with Gasteiger partial charge in [0.15, 0.2) is 0 Å². The van der Waals surface area contributed by atoms with Gasteiger partial charge in [-0.3, -0.25) is 0 Å². The Hall–Kier alpha value is 0.0600. The standard InChI is InChI=1S/CClF2O3S/c2-1(3,4)8(5,6)7. The maximum absolute atomic E-state index is 11.1. The summed E-state index contributed by atoms with van der Waals surface area (Å²) in [5, 5.41) is 0. The molecule has 0 bridgehead atoms. The number of hydrogen-bond acceptors (Lipinski definition) is 2. The van der Waals surface area contributed by atoms with E-state index in [1.807, 2.05) is 0 Å². The molecule has 0 saturated carbocycles. The molecule has 0 unspecified atom stereocenters. The molecule has 0 aliphatic carbocycles. The van der Waals surface area contributed by atoms with E-state index in [1.165, 1.54) is 0 Å². The van der Waals surface area contributed by atoms with Gasteiger partial charge in [0.2, 0.25) is 0 Å². The Morgan fingerprint density at radius 2 is 1.50 bits per heavy atom. The molecule has 0 aromatic rings. The maximum atomic E-state index is 11.1. The van der Waals surface area contributed by atoms with Gasteiger partial charge in [0, 0.05) is 0 Å². The molecule has 1 radical (unpaired) electrons. The summed E-state index contributed by atoms with van der Waals surface area (Å²) in [6.45, 7) is 0. The number of halogens is 3. The predicted octanol–water partition coefficient (Wildman–Crippen LogP) is 0.536. The fourth-order valence-electron chi connectivity index (χ4n) is 0. The molecule has 0 fully saturated rings. The largest absolute Gasteiger partial charge is 0.450 e. The zero-order valence-electron chi connectivity index (χ0n) is 3.27. The molecular formula is CClF2O3S. The number of rotatable bonds is 1. The fourth-order valence-corrected chi connectivity index (χ4v) is 0. The van der Waals surface area contributed by atoms with Crippen molar-refractivity contribution in [1.29, 1.82) is 0 Å². The zero-order valence-corrected chi connectivity index (χ0v) is 4.84. The molecule has 3 nitrogen and oxygen atoms in total. The van der Waals surface area contributed by atoms with Gasteiger partial charge >= 0.3 is 14.8 Å². The lowest BCUT2D eigenvalue weighted by molar-refractivity contribution is 0.164. The Kier molecular flexibility index (Phi) is 1.80. The van der Waals surface area contributed by atoms with Crippen molar-refractivity contribution in [3.05, 3.63) is 0 Å². The normalized spacial score (nSPS) is 14.0. The summed E-state index contributed by atoms with van der Waals surface area (Å²) in [6, 6.07) is 0. The summed E-state index contributed by atoms with van der Waals surface area (Å²) in [5.41, 5.74) is 0. The van der Waals surface area contributed by atoms with E-state index in [4.69, 9.17) is 0 Å². The van der Waals surface area contributed by atoms with E-state index in [2.05, 4.69) is 11.6 Å². The second kappa shape index (κ2) is 1.78. The average Bonchev–Trinajstić information content (AvgIpc) is 1.25. The first-order chi connectivity index (χ1) is 3.25. The van der Waals surface area contributed by atoms with Crippen LogP contribution in [0.2, 0.25) is 0 Å². The van der Waals surface area contributed by atoms with E-state index >= 15 is 0 Å².